The van der Waals surface area contributed by atoms with Gasteiger partial charge in [0, 0.05) is 12.1 Å². The number of aryl methyl sites for hydroxylation is 1. The van der Waals surface area contributed by atoms with Crippen molar-refractivity contribution in [3.8, 4) is 11.8 Å². The average Bonchev–Trinajstić information content (AvgIpc) is 2.77. The molecule has 0 saturated heterocycles. The van der Waals surface area contributed by atoms with E-state index in [2.05, 4.69) is 5.32 Å². The summed E-state index contributed by atoms with van der Waals surface area (Å²) in [4.78, 5) is 12.6. The number of anilines is 1. The lowest BCUT2D eigenvalue weighted by atomic mass is 10.0. The number of hydrogen-bond donors (Lipinski definition) is 1. The Morgan fingerprint density at radius 1 is 1.10 bits per heavy atom. The molecule has 31 heavy (non-hydrogen) atoms. The fraction of sp³-hybridized carbons (Fsp3) is 0.154. The summed E-state index contributed by atoms with van der Waals surface area (Å²) in [6.07, 6.45) is 1.88. The summed E-state index contributed by atoms with van der Waals surface area (Å²) in [5.74, 6) is -0.196. The second-order valence-electron chi connectivity index (χ2n) is 7.21. The van der Waals surface area contributed by atoms with Crippen molar-refractivity contribution in [2.75, 3.05) is 12.4 Å². The molecule has 0 radical (unpaired) electrons. The van der Waals surface area contributed by atoms with Crippen molar-refractivity contribution in [1.29, 1.82) is 5.26 Å². The molecule has 0 aliphatic rings. The van der Waals surface area contributed by atoms with Crippen molar-refractivity contribution in [3.63, 3.8) is 0 Å². The van der Waals surface area contributed by atoms with Crippen LogP contribution in [0.2, 0.25) is 0 Å². The van der Waals surface area contributed by atoms with Gasteiger partial charge in [-0.1, -0.05) is 42.5 Å². The number of amides is 1. The molecule has 0 aliphatic heterocycles. The zero-order chi connectivity index (χ0) is 22.4. The Bertz CT molecular complexity index is 1190. The van der Waals surface area contributed by atoms with Crippen molar-refractivity contribution < 1.29 is 13.9 Å². The molecule has 0 heterocycles. The SMILES string of the molecule is COc1cc(/C=C(\C#N)C(=O)Nc2cccc(C)c2C)ccc1Cc1ccccc1F. The number of rotatable bonds is 6. The molecular weight excluding hydrogens is 391 g/mol. The van der Waals surface area contributed by atoms with Crippen LogP contribution in [0.1, 0.15) is 27.8 Å². The van der Waals surface area contributed by atoms with Crippen LogP contribution in [0.15, 0.2) is 66.2 Å². The van der Waals surface area contributed by atoms with Crippen LogP contribution >= 0.6 is 0 Å². The first-order chi connectivity index (χ1) is 14.9. The Morgan fingerprint density at radius 2 is 1.87 bits per heavy atom. The maximum absolute atomic E-state index is 14.0. The highest BCUT2D eigenvalue weighted by Crippen LogP contribution is 2.26. The molecule has 1 N–H and O–H groups in total. The molecule has 0 aromatic heterocycles. The number of carbonyl (C=O) groups is 1. The molecule has 3 aromatic carbocycles. The highest BCUT2D eigenvalue weighted by atomic mass is 19.1. The monoisotopic (exact) mass is 414 g/mol. The van der Waals surface area contributed by atoms with E-state index in [0.29, 0.717) is 29.0 Å². The van der Waals surface area contributed by atoms with Crippen LogP contribution in [0.25, 0.3) is 6.08 Å². The maximum atomic E-state index is 14.0. The van der Waals surface area contributed by atoms with Crippen LogP contribution in [-0.2, 0) is 11.2 Å². The van der Waals surface area contributed by atoms with Gasteiger partial charge in [-0.2, -0.15) is 5.26 Å². The van der Waals surface area contributed by atoms with E-state index in [-0.39, 0.29) is 11.4 Å². The smallest absolute Gasteiger partial charge is 0.266 e. The molecular formula is C26H23FN2O2. The third-order valence-corrected chi connectivity index (χ3v) is 5.18. The van der Waals surface area contributed by atoms with Crippen LogP contribution in [0.3, 0.4) is 0 Å². The van der Waals surface area contributed by atoms with Gasteiger partial charge in [-0.05, 0) is 65.9 Å². The van der Waals surface area contributed by atoms with Gasteiger partial charge in [0.1, 0.15) is 23.2 Å². The summed E-state index contributed by atoms with van der Waals surface area (Å²) >= 11 is 0. The first-order valence-electron chi connectivity index (χ1n) is 9.82. The van der Waals surface area contributed by atoms with E-state index in [1.54, 1.807) is 36.4 Å². The lowest BCUT2D eigenvalue weighted by Gasteiger charge is -2.11. The van der Waals surface area contributed by atoms with Crippen LogP contribution in [-0.4, -0.2) is 13.0 Å². The minimum Gasteiger partial charge on any atom is -0.496 e. The first-order valence-corrected chi connectivity index (χ1v) is 9.82. The molecule has 0 unspecified atom stereocenters. The number of carbonyl (C=O) groups excluding carboxylic acids is 1. The molecule has 156 valence electrons. The second kappa shape index (κ2) is 9.73. The Balaban J connectivity index is 1.85. The van der Waals surface area contributed by atoms with Gasteiger partial charge in [-0.15, -0.1) is 0 Å². The lowest BCUT2D eigenvalue weighted by Crippen LogP contribution is -2.14. The normalized spacial score (nSPS) is 11.0. The van der Waals surface area contributed by atoms with Crippen molar-refractivity contribution in [2.24, 2.45) is 0 Å². The van der Waals surface area contributed by atoms with E-state index < -0.39 is 5.91 Å². The number of halogens is 1. The van der Waals surface area contributed by atoms with E-state index in [1.165, 1.54) is 19.3 Å². The highest BCUT2D eigenvalue weighted by molar-refractivity contribution is 6.10. The number of nitrogens with zero attached hydrogens (tertiary/aromatic N) is 1. The van der Waals surface area contributed by atoms with Crippen molar-refractivity contribution >= 4 is 17.7 Å². The third kappa shape index (κ3) is 5.18. The minimum atomic E-state index is -0.481. The summed E-state index contributed by atoms with van der Waals surface area (Å²) in [6, 6.07) is 19.5. The number of nitrogens with one attached hydrogen (secondary N) is 1. The molecule has 0 atom stereocenters. The van der Waals surface area contributed by atoms with Gasteiger partial charge in [-0.3, -0.25) is 4.79 Å². The Labute approximate surface area is 181 Å². The van der Waals surface area contributed by atoms with Crippen molar-refractivity contribution in [3.05, 3.63) is 99.9 Å². The molecule has 3 aromatic rings. The lowest BCUT2D eigenvalue weighted by molar-refractivity contribution is -0.112. The van der Waals surface area contributed by atoms with Gasteiger partial charge in [0.2, 0.25) is 0 Å². The van der Waals surface area contributed by atoms with Gasteiger partial charge in [-0.25, -0.2) is 4.39 Å². The zero-order valence-electron chi connectivity index (χ0n) is 17.7. The summed E-state index contributed by atoms with van der Waals surface area (Å²) in [6.45, 7) is 3.88. The van der Waals surface area contributed by atoms with E-state index in [1.807, 2.05) is 38.1 Å². The molecule has 4 nitrogen and oxygen atoms in total. The number of nitriles is 1. The fourth-order valence-corrected chi connectivity index (χ4v) is 3.24. The van der Waals surface area contributed by atoms with Gasteiger partial charge in [0.25, 0.3) is 5.91 Å². The van der Waals surface area contributed by atoms with Crippen LogP contribution in [0.5, 0.6) is 5.75 Å². The Kier molecular flexibility index (Phi) is 6.84. The molecule has 0 saturated carbocycles. The maximum Gasteiger partial charge on any atom is 0.266 e. The van der Waals surface area contributed by atoms with E-state index in [9.17, 15) is 14.4 Å². The van der Waals surface area contributed by atoms with Gasteiger partial charge >= 0.3 is 0 Å². The summed E-state index contributed by atoms with van der Waals surface area (Å²) in [5.41, 5.74) is 4.66. The number of ether oxygens (including phenoxy) is 1. The molecule has 0 aliphatic carbocycles. The van der Waals surface area contributed by atoms with E-state index in [4.69, 9.17) is 4.74 Å². The first kappa shape index (κ1) is 21.8. The predicted molar refractivity (Wildman–Crippen MR) is 120 cm³/mol. The summed E-state index contributed by atoms with van der Waals surface area (Å²) in [5, 5.41) is 12.3. The third-order valence-electron chi connectivity index (χ3n) is 5.18. The highest BCUT2D eigenvalue weighted by Gasteiger charge is 2.13. The van der Waals surface area contributed by atoms with Crippen molar-refractivity contribution in [1.82, 2.24) is 0 Å². The van der Waals surface area contributed by atoms with E-state index >= 15 is 0 Å². The molecule has 0 spiro atoms. The molecule has 5 heteroatoms. The fourth-order valence-electron chi connectivity index (χ4n) is 3.24. The number of benzene rings is 3. The topological polar surface area (TPSA) is 62.1 Å². The van der Waals surface area contributed by atoms with Crippen LogP contribution in [0.4, 0.5) is 10.1 Å². The van der Waals surface area contributed by atoms with Crippen molar-refractivity contribution in [2.45, 2.75) is 20.3 Å². The predicted octanol–water partition coefficient (Wildman–Crippen LogP) is 5.59. The van der Waals surface area contributed by atoms with Gasteiger partial charge < -0.3 is 10.1 Å². The second-order valence-corrected chi connectivity index (χ2v) is 7.21. The quantitative estimate of drug-likeness (QED) is 0.423. The largest absolute Gasteiger partial charge is 0.496 e. The Hall–Kier alpha value is -3.91. The number of hydrogen-bond acceptors (Lipinski definition) is 3. The molecule has 0 fully saturated rings. The van der Waals surface area contributed by atoms with Gasteiger partial charge in [0.15, 0.2) is 0 Å². The standard InChI is InChI=1S/C26H23FN2O2/c1-17-7-6-10-24(18(17)2)29-26(30)22(16-28)13-19-11-12-21(25(14-19)31-3)15-20-8-4-5-9-23(20)27/h4-14H,15H2,1-3H3,(H,29,30)/b22-13+. The van der Waals surface area contributed by atoms with Crippen LogP contribution < -0.4 is 10.1 Å². The summed E-state index contributed by atoms with van der Waals surface area (Å²) < 4.78 is 19.5. The van der Waals surface area contributed by atoms with Crippen LogP contribution in [0, 0.1) is 31.0 Å². The minimum absolute atomic E-state index is 0.0233. The molecule has 3 rings (SSSR count). The molecule has 0 bridgehead atoms. The van der Waals surface area contributed by atoms with Gasteiger partial charge in [0.05, 0.1) is 7.11 Å². The van der Waals surface area contributed by atoms with E-state index in [0.717, 1.165) is 16.7 Å². The average molecular weight is 414 g/mol. The summed E-state index contributed by atoms with van der Waals surface area (Å²) in [7, 11) is 1.53. The Morgan fingerprint density at radius 3 is 2.58 bits per heavy atom. The molecule has 1 amide bonds. The zero-order valence-corrected chi connectivity index (χ0v) is 17.7. The number of methoxy groups -OCH3 is 1.